The molecule has 0 spiro atoms. The molecule has 0 radical (unpaired) electrons. The van der Waals surface area contributed by atoms with Crippen molar-refractivity contribution in [3.8, 4) is 0 Å². The SMILES string of the molecule is CCCCCCCCNC(=O)[C@H](O)[C@@H](O)[C@H](O)[C@H](O)CC. The van der Waals surface area contributed by atoms with E-state index < -0.39 is 30.3 Å². The number of carbonyl (C=O) groups excluding carboxylic acids is 1. The number of amides is 1. The first-order valence-electron chi connectivity index (χ1n) is 7.95. The molecule has 0 aromatic rings. The fourth-order valence-corrected chi connectivity index (χ4v) is 2.03. The third-order valence-corrected chi connectivity index (χ3v) is 3.58. The van der Waals surface area contributed by atoms with Crippen molar-refractivity contribution in [3.05, 3.63) is 0 Å². The minimum absolute atomic E-state index is 0.227. The molecule has 0 saturated heterocycles. The number of aliphatic hydroxyl groups excluding tert-OH is 4. The van der Waals surface area contributed by atoms with E-state index >= 15 is 0 Å². The number of rotatable bonds is 12. The fourth-order valence-electron chi connectivity index (χ4n) is 2.03. The van der Waals surface area contributed by atoms with Gasteiger partial charge in [0, 0.05) is 6.54 Å². The molecule has 0 saturated carbocycles. The molecule has 1 amide bonds. The second-order valence-corrected chi connectivity index (χ2v) is 5.46. The predicted octanol–water partition coefficient (Wildman–Crippen LogP) is 0.317. The number of aliphatic hydroxyl groups is 4. The molecule has 21 heavy (non-hydrogen) atoms. The van der Waals surface area contributed by atoms with Gasteiger partial charge < -0.3 is 25.7 Å². The highest BCUT2D eigenvalue weighted by atomic mass is 16.4. The highest BCUT2D eigenvalue weighted by molar-refractivity contribution is 5.81. The van der Waals surface area contributed by atoms with Crippen LogP contribution in [0, 0.1) is 0 Å². The van der Waals surface area contributed by atoms with Crippen LogP contribution in [0.2, 0.25) is 0 Å². The molecule has 5 N–H and O–H groups in total. The Balaban J connectivity index is 3.89. The van der Waals surface area contributed by atoms with E-state index in [-0.39, 0.29) is 6.42 Å². The molecule has 4 atom stereocenters. The summed E-state index contributed by atoms with van der Waals surface area (Å²) < 4.78 is 0. The summed E-state index contributed by atoms with van der Waals surface area (Å²) in [4.78, 5) is 11.6. The summed E-state index contributed by atoms with van der Waals surface area (Å²) in [6, 6.07) is 0. The second kappa shape index (κ2) is 11.9. The van der Waals surface area contributed by atoms with Gasteiger partial charge in [0.25, 0.3) is 5.91 Å². The summed E-state index contributed by atoms with van der Waals surface area (Å²) in [6.07, 6.45) is 0.639. The van der Waals surface area contributed by atoms with Crippen LogP contribution in [0.5, 0.6) is 0 Å². The Labute approximate surface area is 127 Å². The molecule has 6 nitrogen and oxygen atoms in total. The van der Waals surface area contributed by atoms with Crippen LogP contribution < -0.4 is 5.32 Å². The van der Waals surface area contributed by atoms with Crippen LogP contribution in [0.1, 0.15) is 58.8 Å². The molecule has 0 heterocycles. The van der Waals surface area contributed by atoms with Crippen LogP contribution in [0.4, 0.5) is 0 Å². The second-order valence-electron chi connectivity index (χ2n) is 5.46. The maximum absolute atomic E-state index is 11.6. The topological polar surface area (TPSA) is 110 Å². The number of hydrogen-bond acceptors (Lipinski definition) is 5. The molecule has 0 aliphatic carbocycles. The van der Waals surface area contributed by atoms with Crippen LogP contribution in [0.25, 0.3) is 0 Å². The molecule has 0 aromatic carbocycles. The van der Waals surface area contributed by atoms with Crippen molar-refractivity contribution in [1.82, 2.24) is 5.32 Å². The van der Waals surface area contributed by atoms with Gasteiger partial charge in [0.1, 0.15) is 12.2 Å². The molecule has 126 valence electrons. The van der Waals surface area contributed by atoms with Crippen molar-refractivity contribution in [1.29, 1.82) is 0 Å². The molecule has 0 bridgehead atoms. The van der Waals surface area contributed by atoms with Crippen molar-refractivity contribution in [2.75, 3.05) is 6.54 Å². The summed E-state index contributed by atoms with van der Waals surface area (Å²) in [5.74, 6) is -0.724. The number of unbranched alkanes of at least 4 members (excludes halogenated alkanes) is 5. The highest BCUT2D eigenvalue weighted by Crippen LogP contribution is 2.08. The van der Waals surface area contributed by atoms with Crippen LogP contribution in [-0.2, 0) is 4.79 Å². The lowest BCUT2D eigenvalue weighted by atomic mass is 10.0. The average Bonchev–Trinajstić information content (AvgIpc) is 2.50. The first-order valence-corrected chi connectivity index (χ1v) is 7.95. The predicted molar refractivity (Wildman–Crippen MR) is 80.7 cm³/mol. The van der Waals surface area contributed by atoms with Crippen LogP contribution in [0.3, 0.4) is 0 Å². The summed E-state index contributed by atoms with van der Waals surface area (Å²) >= 11 is 0. The average molecular weight is 305 g/mol. The Morgan fingerprint density at radius 2 is 1.48 bits per heavy atom. The van der Waals surface area contributed by atoms with Crippen molar-refractivity contribution in [3.63, 3.8) is 0 Å². The van der Waals surface area contributed by atoms with Crippen molar-refractivity contribution < 1.29 is 25.2 Å². The van der Waals surface area contributed by atoms with E-state index in [1.165, 1.54) is 19.3 Å². The molecular weight excluding hydrogens is 274 g/mol. The summed E-state index contributed by atoms with van der Waals surface area (Å²) in [6.45, 7) is 4.21. The number of hydrogen-bond donors (Lipinski definition) is 5. The van der Waals surface area contributed by atoms with Gasteiger partial charge in [-0.25, -0.2) is 0 Å². The molecule has 0 fully saturated rings. The monoisotopic (exact) mass is 305 g/mol. The zero-order chi connectivity index (χ0) is 16.3. The van der Waals surface area contributed by atoms with Crippen molar-refractivity contribution >= 4 is 5.91 Å². The molecule has 0 unspecified atom stereocenters. The first-order chi connectivity index (χ1) is 9.95. The maximum Gasteiger partial charge on any atom is 0.251 e. The Hall–Kier alpha value is -0.690. The Kier molecular flexibility index (Phi) is 11.5. The van der Waals surface area contributed by atoms with Crippen molar-refractivity contribution in [2.24, 2.45) is 0 Å². The van der Waals surface area contributed by atoms with Gasteiger partial charge in [0.15, 0.2) is 6.10 Å². The zero-order valence-corrected chi connectivity index (χ0v) is 13.2. The van der Waals surface area contributed by atoms with Gasteiger partial charge >= 0.3 is 0 Å². The van der Waals surface area contributed by atoms with Crippen molar-refractivity contribution in [2.45, 2.75) is 83.2 Å². The lowest BCUT2D eigenvalue weighted by Crippen LogP contribution is -2.50. The maximum atomic E-state index is 11.6. The van der Waals surface area contributed by atoms with Gasteiger partial charge in [-0.2, -0.15) is 0 Å². The molecular formula is C15H31NO5. The van der Waals surface area contributed by atoms with Gasteiger partial charge in [-0.15, -0.1) is 0 Å². The Morgan fingerprint density at radius 1 is 0.905 bits per heavy atom. The normalized spacial score (nSPS) is 17.0. The van der Waals surface area contributed by atoms with E-state index in [1.54, 1.807) is 6.92 Å². The largest absolute Gasteiger partial charge is 0.390 e. The number of carbonyl (C=O) groups is 1. The minimum atomic E-state index is -1.73. The highest BCUT2D eigenvalue weighted by Gasteiger charge is 2.33. The first kappa shape index (κ1) is 20.3. The van der Waals surface area contributed by atoms with E-state index in [2.05, 4.69) is 12.2 Å². The van der Waals surface area contributed by atoms with Gasteiger partial charge in [-0.1, -0.05) is 46.0 Å². The quantitative estimate of drug-likeness (QED) is 0.333. The van der Waals surface area contributed by atoms with Gasteiger partial charge in [0.2, 0.25) is 0 Å². The zero-order valence-electron chi connectivity index (χ0n) is 13.2. The van der Waals surface area contributed by atoms with Crippen LogP contribution in [0.15, 0.2) is 0 Å². The Bertz CT molecular complexity index is 275. The van der Waals surface area contributed by atoms with Crippen LogP contribution >= 0.6 is 0 Å². The van der Waals surface area contributed by atoms with E-state index in [4.69, 9.17) is 0 Å². The summed E-state index contributed by atoms with van der Waals surface area (Å²) in [5, 5.41) is 40.8. The Morgan fingerprint density at radius 3 is 2.05 bits per heavy atom. The fraction of sp³-hybridized carbons (Fsp3) is 0.933. The molecule has 0 aliphatic rings. The smallest absolute Gasteiger partial charge is 0.251 e. The third kappa shape index (κ3) is 8.36. The lowest BCUT2D eigenvalue weighted by Gasteiger charge is -2.25. The van der Waals surface area contributed by atoms with E-state index in [0.29, 0.717) is 6.54 Å². The lowest BCUT2D eigenvalue weighted by molar-refractivity contribution is -0.146. The van der Waals surface area contributed by atoms with Gasteiger partial charge in [-0.05, 0) is 12.8 Å². The third-order valence-electron chi connectivity index (χ3n) is 3.58. The molecule has 0 aliphatic heterocycles. The summed E-state index contributed by atoms with van der Waals surface area (Å²) in [5.41, 5.74) is 0. The minimum Gasteiger partial charge on any atom is -0.390 e. The van der Waals surface area contributed by atoms with Crippen LogP contribution in [-0.4, -0.2) is 57.3 Å². The number of nitrogens with one attached hydrogen (secondary N) is 1. The van der Waals surface area contributed by atoms with Gasteiger partial charge in [-0.3, -0.25) is 4.79 Å². The van der Waals surface area contributed by atoms with Gasteiger partial charge in [0.05, 0.1) is 6.10 Å². The molecule has 0 rings (SSSR count). The summed E-state index contributed by atoms with van der Waals surface area (Å²) in [7, 11) is 0. The standard InChI is InChI=1S/C15H31NO5/c1-3-5-6-7-8-9-10-16-15(21)14(20)13(19)12(18)11(17)4-2/h11-14,17-20H,3-10H2,1-2H3,(H,16,21)/t11-,12-,13+,14-/m1/s1. The van der Waals surface area contributed by atoms with E-state index in [0.717, 1.165) is 19.3 Å². The van der Waals surface area contributed by atoms with E-state index in [9.17, 15) is 25.2 Å². The molecule has 6 heteroatoms. The molecule has 0 aromatic heterocycles. The van der Waals surface area contributed by atoms with E-state index in [1.807, 2.05) is 0 Å².